The smallest absolute Gasteiger partial charge is 0.00366 e. The third kappa shape index (κ3) is 1.21. The Bertz CT molecular complexity index is 308. The van der Waals surface area contributed by atoms with Crippen LogP contribution >= 0.6 is 0 Å². The van der Waals surface area contributed by atoms with Crippen molar-refractivity contribution < 1.29 is 0 Å². The molecule has 0 radical (unpaired) electrons. The van der Waals surface area contributed by atoms with Crippen LogP contribution in [-0.4, -0.2) is 0 Å². The highest BCUT2D eigenvalue weighted by Gasteiger charge is 2.56. The molecular weight excluding hydrogens is 156 g/mol. The predicted octanol–water partition coefficient (Wildman–Crippen LogP) is 3.61. The summed E-state index contributed by atoms with van der Waals surface area (Å²) < 4.78 is 0. The zero-order chi connectivity index (χ0) is 9.47. The predicted molar refractivity (Wildman–Crippen MR) is 56.7 cm³/mol. The number of hydrogen-bond acceptors (Lipinski definition) is 0. The van der Waals surface area contributed by atoms with Gasteiger partial charge in [0, 0.05) is 0 Å². The van der Waals surface area contributed by atoms with Crippen molar-refractivity contribution in [2.24, 2.45) is 11.3 Å². The Kier molecular flexibility index (Phi) is 1.80. The van der Waals surface area contributed by atoms with Gasteiger partial charge in [-0.3, -0.25) is 0 Å². The Morgan fingerprint density at radius 1 is 1.23 bits per heavy atom. The summed E-state index contributed by atoms with van der Waals surface area (Å²) >= 11 is 0. The van der Waals surface area contributed by atoms with Crippen LogP contribution in [0, 0.1) is 11.3 Å². The van der Waals surface area contributed by atoms with Crippen molar-refractivity contribution in [3.63, 3.8) is 0 Å². The van der Waals surface area contributed by atoms with Crippen LogP contribution in [0.25, 0.3) is 0 Å². The summed E-state index contributed by atoms with van der Waals surface area (Å²) in [5.41, 5.74) is 1.88. The molecule has 0 nitrogen and oxygen atoms in total. The molecule has 0 aromatic heterocycles. The molecule has 0 aliphatic heterocycles. The van der Waals surface area contributed by atoms with Crippen molar-refractivity contribution in [1.29, 1.82) is 0 Å². The molecule has 1 saturated carbocycles. The fourth-order valence-corrected chi connectivity index (χ4v) is 2.41. The topological polar surface area (TPSA) is 0 Å². The van der Waals surface area contributed by atoms with E-state index in [0.29, 0.717) is 17.3 Å². The van der Waals surface area contributed by atoms with Crippen molar-refractivity contribution in [3.8, 4) is 0 Å². The van der Waals surface area contributed by atoms with Crippen molar-refractivity contribution >= 4 is 0 Å². The van der Waals surface area contributed by atoms with E-state index in [1.807, 2.05) is 0 Å². The fraction of sp³-hybridized carbons (Fsp3) is 0.385. The molecule has 1 unspecified atom stereocenters. The molecule has 0 heterocycles. The van der Waals surface area contributed by atoms with Crippen molar-refractivity contribution in [2.45, 2.75) is 19.8 Å². The monoisotopic (exact) mass is 172 g/mol. The van der Waals surface area contributed by atoms with E-state index in [4.69, 9.17) is 0 Å². The molecule has 2 rings (SSSR count). The second kappa shape index (κ2) is 2.73. The minimum absolute atomic E-state index is 0.420. The Balaban J connectivity index is 2.27. The van der Waals surface area contributed by atoms with E-state index < -0.39 is 0 Å². The molecule has 1 fully saturated rings. The van der Waals surface area contributed by atoms with Gasteiger partial charge in [0.25, 0.3) is 0 Å². The highest BCUT2D eigenvalue weighted by atomic mass is 14.6. The average Bonchev–Trinajstić information content (AvgIpc) is 2.69. The molecular formula is C13H16. The first-order valence-electron chi connectivity index (χ1n) is 4.85. The highest BCUT2D eigenvalue weighted by molar-refractivity contribution is 5.33. The maximum absolute atomic E-state index is 3.89. The van der Waals surface area contributed by atoms with E-state index in [-0.39, 0.29) is 0 Å². The third-order valence-electron chi connectivity index (χ3n) is 3.32. The summed E-state index contributed by atoms with van der Waals surface area (Å²) in [5, 5.41) is 0. The van der Waals surface area contributed by atoms with Crippen LogP contribution in [0.2, 0.25) is 0 Å². The number of benzene rings is 1. The lowest BCUT2D eigenvalue weighted by Gasteiger charge is -2.01. The Labute approximate surface area is 80.3 Å². The van der Waals surface area contributed by atoms with Crippen molar-refractivity contribution in [3.05, 3.63) is 48.6 Å². The highest BCUT2D eigenvalue weighted by Crippen LogP contribution is 2.64. The maximum atomic E-state index is 3.89. The number of allylic oxidation sites excluding steroid dienone is 1. The molecule has 0 saturated heterocycles. The molecule has 0 amide bonds. The lowest BCUT2D eigenvalue weighted by atomic mass is 10.0. The summed E-state index contributed by atoms with van der Waals surface area (Å²) in [5.74, 6) is 1.35. The van der Waals surface area contributed by atoms with Crippen LogP contribution in [0.5, 0.6) is 0 Å². The van der Waals surface area contributed by atoms with Gasteiger partial charge in [-0.05, 0) is 22.8 Å². The minimum atomic E-state index is 0.420. The molecule has 1 aliphatic carbocycles. The number of rotatable bonds is 2. The van der Waals surface area contributed by atoms with Gasteiger partial charge in [-0.25, -0.2) is 0 Å². The maximum Gasteiger partial charge on any atom is -0.00366 e. The molecule has 1 aromatic carbocycles. The Hall–Kier alpha value is -1.04. The van der Waals surface area contributed by atoms with Crippen LogP contribution in [0.1, 0.15) is 25.3 Å². The SMILES string of the molecule is C=C[C@H]1C(c2ccccc2)C1(C)C. The molecule has 13 heavy (non-hydrogen) atoms. The number of hydrogen-bond donors (Lipinski definition) is 0. The Morgan fingerprint density at radius 3 is 2.31 bits per heavy atom. The third-order valence-corrected chi connectivity index (χ3v) is 3.32. The molecule has 0 bridgehead atoms. The normalized spacial score (nSPS) is 29.7. The molecule has 0 N–H and O–H groups in total. The lowest BCUT2D eigenvalue weighted by Crippen LogP contribution is -1.89. The van der Waals surface area contributed by atoms with Gasteiger partial charge in [0.1, 0.15) is 0 Å². The van der Waals surface area contributed by atoms with Gasteiger partial charge in [0.15, 0.2) is 0 Å². The van der Waals surface area contributed by atoms with E-state index in [1.165, 1.54) is 5.56 Å². The van der Waals surface area contributed by atoms with Gasteiger partial charge in [0.05, 0.1) is 0 Å². The molecule has 2 atom stereocenters. The van der Waals surface area contributed by atoms with Gasteiger partial charge >= 0.3 is 0 Å². The van der Waals surface area contributed by atoms with Gasteiger partial charge < -0.3 is 0 Å². The van der Waals surface area contributed by atoms with E-state index in [1.54, 1.807) is 0 Å². The first-order chi connectivity index (χ1) is 6.18. The van der Waals surface area contributed by atoms with Gasteiger partial charge in [0.2, 0.25) is 0 Å². The van der Waals surface area contributed by atoms with Crippen molar-refractivity contribution in [1.82, 2.24) is 0 Å². The molecule has 1 aliphatic rings. The fourth-order valence-electron chi connectivity index (χ4n) is 2.41. The van der Waals surface area contributed by atoms with Gasteiger partial charge in [-0.2, -0.15) is 0 Å². The minimum Gasteiger partial charge on any atom is -0.103 e. The molecule has 1 aromatic rings. The van der Waals surface area contributed by atoms with Gasteiger partial charge in [-0.15, -0.1) is 6.58 Å². The van der Waals surface area contributed by atoms with Crippen LogP contribution < -0.4 is 0 Å². The van der Waals surface area contributed by atoms with Gasteiger partial charge in [-0.1, -0.05) is 50.3 Å². The quantitative estimate of drug-likeness (QED) is 0.598. The summed E-state index contributed by atoms with van der Waals surface area (Å²) in [6, 6.07) is 10.7. The van der Waals surface area contributed by atoms with Crippen LogP contribution in [0.3, 0.4) is 0 Å². The zero-order valence-electron chi connectivity index (χ0n) is 8.33. The standard InChI is InChI=1S/C13H16/c1-4-11-12(13(11,2)3)10-8-6-5-7-9-10/h4-9,11-12H,1H2,2-3H3/t11-,12?/m0/s1. The summed E-state index contributed by atoms with van der Waals surface area (Å²) in [4.78, 5) is 0. The molecule has 0 heteroatoms. The average molecular weight is 172 g/mol. The summed E-state index contributed by atoms with van der Waals surface area (Å²) in [6.07, 6.45) is 2.09. The second-order valence-corrected chi connectivity index (χ2v) is 4.47. The first-order valence-corrected chi connectivity index (χ1v) is 4.85. The summed E-state index contributed by atoms with van der Waals surface area (Å²) in [7, 11) is 0. The summed E-state index contributed by atoms with van der Waals surface area (Å²) in [6.45, 7) is 8.53. The van der Waals surface area contributed by atoms with Crippen LogP contribution in [0.15, 0.2) is 43.0 Å². The second-order valence-electron chi connectivity index (χ2n) is 4.47. The zero-order valence-corrected chi connectivity index (χ0v) is 8.33. The van der Waals surface area contributed by atoms with Crippen LogP contribution in [-0.2, 0) is 0 Å². The molecule has 68 valence electrons. The molecule has 0 spiro atoms. The van der Waals surface area contributed by atoms with Crippen molar-refractivity contribution in [2.75, 3.05) is 0 Å². The largest absolute Gasteiger partial charge is 0.103 e. The van der Waals surface area contributed by atoms with Crippen LogP contribution in [0.4, 0.5) is 0 Å². The Morgan fingerprint density at radius 2 is 1.85 bits per heavy atom. The van der Waals surface area contributed by atoms with E-state index in [9.17, 15) is 0 Å². The van der Waals surface area contributed by atoms with E-state index in [2.05, 4.69) is 56.8 Å². The van der Waals surface area contributed by atoms with E-state index in [0.717, 1.165) is 0 Å². The van der Waals surface area contributed by atoms with E-state index >= 15 is 0 Å². The first kappa shape index (κ1) is 8.55. The lowest BCUT2D eigenvalue weighted by molar-refractivity contribution is 0.593.